The van der Waals surface area contributed by atoms with Crippen LogP contribution in [0.4, 0.5) is 0 Å². The van der Waals surface area contributed by atoms with Crippen molar-refractivity contribution in [1.82, 2.24) is 15.5 Å². The van der Waals surface area contributed by atoms with Crippen molar-refractivity contribution in [2.75, 3.05) is 39.3 Å². The molecule has 0 saturated carbocycles. The van der Waals surface area contributed by atoms with Gasteiger partial charge >= 0.3 is 0 Å². The molecule has 1 atom stereocenters. The first-order valence-electron chi connectivity index (χ1n) is 9.22. The number of fused-ring (bicyclic) bond motifs is 1. The first-order valence-corrected chi connectivity index (χ1v) is 9.22. The van der Waals surface area contributed by atoms with Gasteiger partial charge < -0.3 is 15.7 Å². The molecule has 0 aromatic rings. The van der Waals surface area contributed by atoms with Crippen LogP contribution in [0.2, 0.25) is 0 Å². The molecular formula is C19H33N3O. The lowest BCUT2D eigenvalue weighted by atomic mass is 9.80. The highest BCUT2D eigenvalue weighted by atomic mass is 16.3. The average molecular weight is 319 g/mol. The number of rotatable bonds is 10. The summed E-state index contributed by atoms with van der Waals surface area (Å²) in [6.45, 7) is 9.29. The van der Waals surface area contributed by atoms with Gasteiger partial charge in [-0.25, -0.2) is 0 Å². The first-order chi connectivity index (χ1) is 11.3. The zero-order valence-corrected chi connectivity index (χ0v) is 14.8. The standard InChI is InChI=1S/C19H33N3O/c1-3-12-22(14-15-23)13-11-21-18-10-6-8-16-7-5-9-17(19(16)18)20-4-2/h5,9-10,16,20-21,23H,3-4,6-8,11-15H2,1-2H3. The van der Waals surface area contributed by atoms with Crippen LogP contribution >= 0.6 is 0 Å². The largest absolute Gasteiger partial charge is 0.395 e. The maximum absolute atomic E-state index is 9.16. The number of hydrogen-bond acceptors (Lipinski definition) is 4. The smallest absolute Gasteiger partial charge is 0.0558 e. The molecule has 4 nitrogen and oxygen atoms in total. The molecule has 0 radical (unpaired) electrons. The van der Waals surface area contributed by atoms with E-state index in [2.05, 4.69) is 47.6 Å². The van der Waals surface area contributed by atoms with Gasteiger partial charge in [-0.2, -0.15) is 0 Å². The Bertz CT molecular complexity index is 448. The van der Waals surface area contributed by atoms with Crippen LogP contribution in [0.15, 0.2) is 35.2 Å². The van der Waals surface area contributed by atoms with Gasteiger partial charge in [-0.15, -0.1) is 0 Å². The van der Waals surface area contributed by atoms with Gasteiger partial charge in [-0.3, -0.25) is 4.90 Å². The number of aliphatic hydroxyl groups is 1. The van der Waals surface area contributed by atoms with E-state index in [1.807, 2.05) is 0 Å². The second kappa shape index (κ2) is 9.78. The molecule has 130 valence electrons. The Kier molecular flexibility index (Phi) is 7.69. The molecule has 0 heterocycles. The SMILES string of the molecule is CCCN(CCO)CCNC1=CCCC2CC=CC(NCC)=C12. The van der Waals surface area contributed by atoms with Crippen LogP contribution in [0.5, 0.6) is 0 Å². The van der Waals surface area contributed by atoms with E-state index in [4.69, 9.17) is 5.11 Å². The van der Waals surface area contributed by atoms with Crippen molar-refractivity contribution in [3.63, 3.8) is 0 Å². The molecule has 0 bridgehead atoms. The van der Waals surface area contributed by atoms with Crippen molar-refractivity contribution < 1.29 is 5.11 Å². The highest BCUT2D eigenvalue weighted by Gasteiger charge is 2.25. The molecule has 3 N–H and O–H groups in total. The van der Waals surface area contributed by atoms with Crippen LogP contribution < -0.4 is 10.6 Å². The molecule has 23 heavy (non-hydrogen) atoms. The fraction of sp³-hybridized carbons (Fsp3) is 0.684. The summed E-state index contributed by atoms with van der Waals surface area (Å²) in [7, 11) is 0. The lowest BCUT2D eigenvalue weighted by Crippen LogP contribution is -2.36. The van der Waals surface area contributed by atoms with Crippen molar-refractivity contribution in [3.05, 3.63) is 35.2 Å². The Morgan fingerprint density at radius 2 is 2.09 bits per heavy atom. The zero-order valence-electron chi connectivity index (χ0n) is 14.8. The Balaban J connectivity index is 1.97. The maximum Gasteiger partial charge on any atom is 0.0558 e. The van der Waals surface area contributed by atoms with Gasteiger partial charge in [0.25, 0.3) is 0 Å². The predicted octanol–water partition coefficient (Wildman–Crippen LogP) is 2.40. The average Bonchev–Trinajstić information content (AvgIpc) is 2.56. The molecule has 2 rings (SSSR count). The minimum Gasteiger partial charge on any atom is -0.395 e. The Labute approximate surface area is 141 Å². The molecule has 2 aliphatic carbocycles. The maximum atomic E-state index is 9.16. The van der Waals surface area contributed by atoms with E-state index in [1.165, 1.54) is 29.8 Å². The Morgan fingerprint density at radius 3 is 2.83 bits per heavy atom. The Hall–Kier alpha value is -1.26. The van der Waals surface area contributed by atoms with E-state index >= 15 is 0 Å². The van der Waals surface area contributed by atoms with E-state index in [9.17, 15) is 0 Å². The van der Waals surface area contributed by atoms with Gasteiger partial charge in [0, 0.05) is 43.1 Å². The van der Waals surface area contributed by atoms with Gasteiger partial charge in [0.05, 0.1) is 6.61 Å². The monoisotopic (exact) mass is 319 g/mol. The number of aliphatic hydroxyl groups excluding tert-OH is 1. The van der Waals surface area contributed by atoms with E-state index in [0.29, 0.717) is 5.92 Å². The molecule has 0 saturated heterocycles. The molecule has 2 aliphatic rings. The van der Waals surface area contributed by atoms with Crippen LogP contribution in [0, 0.1) is 5.92 Å². The second-order valence-corrected chi connectivity index (χ2v) is 6.38. The highest BCUT2D eigenvalue weighted by Crippen LogP contribution is 2.36. The molecule has 0 aliphatic heterocycles. The Morgan fingerprint density at radius 1 is 1.22 bits per heavy atom. The van der Waals surface area contributed by atoms with Gasteiger partial charge in [0.1, 0.15) is 0 Å². The lowest BCUT2D eigenvalue weighted by Gasteiger charge is -2.32. The summed E-state index contributed by atoms with van der Waals surface area (Å²) in [5, 5.41) is 16.3. The quantitative estimate of drug-likeness (QED) is 0.579. The minimum atomic E-state index is 0.241. The number of nitrogens with zero attached hydrogens (tertiary/aromatic N) is 1. The third kappa shape index (κ3) is 5.11. The number of likely N-dealkylation sites (N-methyl/N-ethyl adjacent to an activating group) is 1. The molecule has 4 heteroatoms. The van der Waals surface area contributed by atoms with Crippen LogP contribution in [-0.4, -0.2) is 49.3 Å². The summed E-state index contributed by atoms with van der Waals surface area (Å²) in [4.78, 5) is 2.33. The lowest BCUT2D eigenvalue weighted by molar-refractivity contribution is 0.197. The fourth-order valence-corrected chi connectivity index (χ4v) is 3.60. The van der Waals surface area contributed by atoms with Crippen molar-refractivity contribution in [2.24, 2.45) is 5.92 Å². The van der Waals surface area contributed by atoms with E-state index in [-0.39, 0.29) is 6.61 Å². The summed E-state index contributed by atoms with van der Waals surface area (Å²) in [6.07, 6.45) is 11.6. The van der Waals surface area contributed by atoms with Crippen molar-refractivity contribution in [1.29, 1.82) is 0 Å². The van der Waals surface area contributed by atoms with Crippen LogP contribution in [0.3, 0.4) is 0 Å². The van der Waals surface area contributed by atoms with Gasteiger partial charge in [0.15, 0.2) is 0 Å². The molecule has 0 aromatic heterocycles. The summed E-state index contributed by atoms with van der Waals surface area (Å²) >= 11 is 0. The van der Waals surface area contributed by atoms with Crippen LogP contribution in [-0.2, 0) is 0 Å². The number of allylic oxidation sites excluding steroid dienone is 4. The third-order valence-corrected chi connectivity index (χ3v) is 4.62. The highest BCUT2D eigenvalue weighted by molar-refractivity contribution is 5.44. The third-order valence-electron chi connectivity index (χ3n) is 4.62. The second-order valence-electron chi connectivity index (χ2n) is 6.38. The summed E-state index contributed by atoms with van der Waals surface area (Å²) in [5.74, 6) is 0.658. The number of hydrogen-bond donors (Lipinski definition) is 3. The molecule has 0 fully saturated rings. The molecule has 1 unspecified atom stereocenters. The summed E-state index contributed by atoms with van der Waals surface area (Å²) in [6, 6.07) is 0. The zero-order chi connectivity index (χ0) is 16.5. The molecule has 0 spiro atoms. The topological polar surface area (TPSA) is 47.5 Å². The van der Waals surface area contributed by atoms with Crippen LogP contribution in [0.1, 0.15) is 39.5 Å². The normalized spacial score (nSPS) is 20.5. The van der Waals surface area contributed by atoms with Crippen molar-refractivity contribution >= 4 is 0 Å². The first kappa shape index (κ1) is 18.1. The summed E-state index contributed by atoms with van der Waals surface area (Å²) in [5.41, 5.74) is 4.09. The summed E-state index contributed by atoms with van der Waals surface area (Å²) < 4.78 is 0. The van der Waals surface area contributed by atoms with Gasteiger partial charge in [-0.05, 0) is 51.1 Å². The minimum absolute atomic E-state index is 0.241. The number of nitrogens with one attached hydrogen (secondary N) is 2. The van der Waals surface area contributed by atoms with E-state index < -0.39 is 0 Å². The van der Waals surface area contributed by atoms with Gasteiger partial charge in [-0.1, -0.05) is 19.1 Å². The molecule has 0 aromatic carbocycles. The predicted molar refractivity (Wildman–Crippen MR) is 97.1 cm³/mol. The van der Waals surface area contributed by atoms with Gasteiger partial charge in [0.2, 0.25) is 0 Å². The van der Waals surface area contributed by atoms with E-state index in [1.54, 1.807) is 0 Å². The van der Waals surface area contributed by atoms with Crippen LogP contribution in [0.25, 0.3) is 0 Å². The van der Waals surface area contributed by atoms with Crippen molar-refractivity contribution in [3.8, 4) is 0 Å². The molecular weight excluding hydrogens is 286 g/mol. The molecule has 0 amide bonds. The van der Waals surface area contributed by atoms with E-state index in [0.717, 1.165) is 45.6 Å². The van der Waals surface area contributed by atoms with Crippen molar-refractivity contribution in [2.45, 2.75) is 39.5 Å². The fourth-order valence-electron chi connectivity index (χ4n) is 3.60.